The van der Waals surface area contributed by atoms with E-state index < -0.39 is 10.0 Å². The lowest BCUT2D eigenvalue weighted by Crippen LogP contribution is -2.28. The van der Waals surface area contributed by atoms with Gasteiger partial charge in [0, 0.05) is 18.4 Å². The van der Waals surface area contributed by atoms with Crippen LogP contribution in [0.2, 0.25) is 0 Å². The van der Waals surface area contributed by atoms with Crippen LogP contribution in [0.3, 0.4) is 0 Å². The Morgan fingerprint density at radius 3 is 2.53 bits per heavy atom. The first-order valence-corrected chi connectivity index (χ1v) is 6.60. The van der Waals surface area contributed by atoms with Crippen LogP contribution in [-0.4, -0.2) is 19.2 Å². The summed E-state index contributed by atoms with van der Waals surface area (Å²) in [5.41, 5.74) is 0.921. The van der Waals surface area contributed by atoms with E-state index in [9.17, 15) is 8.42 Å². The van der Waals surface area contributed by atoms with Gasteiger partial charge in [0.15, 0.2) is 0 Å². The van der Waals surface area contributed by atoms with Gasteiger partial charge in [0.2, 0.25) is 10.0 Å². The first-order valence-electron chi connectivity index (χ1n) is 4.95. The number of nitrogens with one attached hydrogen (secondary N) is 1. The van der Waals surface area contributed by atoms with Gasteiger partial charge in [-0.05, 0) is 31.0 Å². The van der Waals surface area contributed by atoms with Gasteiger partial charge in [-0.3, -0.25) is 4.98 Å². The molecule has 1 rings (SSSR count). The van der Waals surface area contributed by atoms with Crippen molar-refractivity contribution in [1.82, 2.24) is 9.71 Å². The minimum absolute atomic E-state index is 0.169. The number of sulfonamides is 1. The predicted molar refractivity (Wildman–Crippen MR) is 59.9 cm³/mol. The minimum Gasteiger partial charge on any atom is -0.265 e. The van der Waals surface area contributed by atoms with Crippen molar-refractivity contribution < 1.29 is 8.42 Å². The average Bonchev–Trinajstić information content (AvgIpc) is 2.18. The maximum Gasteiger partial charge on any atom is 0.212 e. The van der Waals surface area contributed by atoms with Crippen molar-refractivity contribution in [1.29, 1.82) is 0 Å². The van der Waals surface area contributed by atoms with Crippen LogP contribution in [0.25, 0.3) is 0 Å². The molecule has 0 unspecified atom stereocenters. The summed E-state index contributed by atoms with van der Waals surface area (Å²) in [6, 6.07) is 3.41. The second kappa shape index (κ2) is 5.23. The quantitative estimate of drug-likeness (QED) is 0.830. The van der Waals surface area contributed by atoms with E-state index in [1.54, 1.807) is 24.5 Å². The van der Waals surface area contributed by atoms with Crippen molar-refractivity contribution >= 4 is 10.0 Å². The van der Waals surface area contributed by atoms with Gasteiger partial charge in [-0.2, -0.15) is 0 Å². The molecule has 0 radical (unpaired) electrons. The van der Waals surface area contributed by atoms with E-state index in [1.165, 1.54) is 0 Å². The Kier molecular flexibility index (Phi) is 4.23. The third kappa shape index (κ3) is 3.97. The standard InChI is InChI=1S/C10H16N2O2S/c1-3-8-15(13,14)12-9(2)10-4-6-11-7-5-10/h4-7,9,12H,3,8H2,1-2H3/t9-/m0/s1. The third-order valence-corrected chi connectivity index (χ3v) is 3.69. The Morgan fingerprint density at radius 1 is 1.40 bits per heavy atom. The highest BCUT2D eigenvalue weighted by atomic mass is 32.2. The van der Waals surface area contributed by atoms with Crippen molar-refractivity contribution in [3.05, 3.63) is 30.1 Å². The van der Waals surface area contributed by atoms with Crippen LogP contribution in [0.5, 0.6) is 0 Å². The number of nitrogens with zero attached hydrogens (tertiary/aromatic N) is 1. The maximum atomic E-state index is 11.5. The Hall–Kier alpha value is -0.940. The number of rotatable bonds is 5. The zero-order valence-electron chi connectivity index (χ0n) is 8.97. The van der Waals surface area contributed by atoms with E-state index in [4.69, 9.17) is 0 Å². The van der Waals surface area contributed by atoms with Gasteiger partial charge in [-0.15, -0.1) is 0 Å². The zero-order chi connectivity index (χ0) is 11.3. The molecule has 0 saturated heterocycles. The van der Waals surface area contributed by atoms with Gasteiger partial charge in [-0.25, -0.2) is 13.1 Å². The van der Waals surface area contributed by atoms with E-state index in [1.807, 2.05) is 13.8 Å². The number of pyridine rings is 1. The molecule has 1 atom stereocenters. The van der Waals surface area contributed by atoms with Crippen LogP contribution in [0.15, 0.2) is 24.5 Å². The summed E-state index contributed by atoms with van der Waals surface area (Å²) >= 11 is 0. The Labute approximate surface area is 90.8 Å². The molecule has 5 heteroatoms. The van der Waals surface area contributed by atoms with Gasteiger partial charge in [0.25, 0.3) is 0 Å². The maximum absolute atomic E-state index is 11.5. The van der Waals surface area contributed by atoms with E-state index in [2.05, 4.69) is 9.71 Å². The summed E-state index contributed by atoms with van der Waals surface area (Å²) in [4.78, 5) is 3.88. The zero-order valence-corrected chi connectivity index (χ0v) is 9.79. The molecule has 0 amide bonds. The van der Waals surface area contributed by atoms with Gasteiger partial charge in [0.1, 0.15) is 0 Å². The lowest BCUT2D eigenvalue weighted by atomic mass is 10.1. The molecule has 0 bridgehead atoms. The Morgan fingerprint density at radius 2 is 2.00 bits per heavy atom. The van der Waals surface area contributed by atoms with Crippen molar-refractivity contribution in [3.8, 4) is 0 Å². The summed E-state index contributed by atoms with van der Waals surface area (Å²) < 4.78 is 25.6. The normalized spacial score (nSPS) is 13.7. The first-order chi connectivity index (χ1) is 7.05. The van der Waals surface area contributed by atoms with Crippen LogP contribution in [-0.2, 0) is 10.0 Å². The van der Waals surface area contributed by atoms with Crippen LogP contribution in [0.4, 0.5) is 0 Å². The second-order valence-corrected chi connectivity index (χ2v) is 5.31. The summed E-state index contributed by atoms with van der Waals surface area (Å²) in [5.74, 6) is 0.169. The lowest BCUT2D eigenvalue weighted by molar-refractivity contribution is 0.565. The second-order valence-electron chi connectivity index (χ2n) is 3.44. The molecule has 1 heterocycles. The molecule has 0 aromatic carbocycles. The molecule has 0 aliphatic heterocycles. The van der Waals surface area contributed by atoms with Crippen LogP contribution in [0.1, 0.15) is 31.9 Å². The molecule has 0 aliphatic carbocycles. The molecule has 84 valence electrons. The summed E-state index contributed by atoms with van der Waals surface area (Å²) in [6.07, 6.45) is 3.93. The van der Waals surface area contributed by atoms with Crippen molar-refractivity contribution in [3.63, 3.8) is 0 Å². The fraction of sp³-hybridized carbons (Fsp3) is 0.500. The number of aromatic nitrogens is 1. The first kappa shape index (κ1) is 12.1. The van der Waals surface area contributed by atoms with Gasteiger partial charge < -0.3 is 0 Å². The fourth-order valence-electron chi connectivity index (χ4n) is 1.32. The van der Waals surface area contributed by atoms with E-state index in [-0.39, 0.29) is 11.8 Å². The predicted octanol–water partition coefficient (Wildman–Crippen LogP) is 1.47. The van der Waals surface area contributed by atoms with Gasteiger partial charge in [0.05, 0.1) is 5.75 Å². The molecular formula is C10H16N2O2S. The topological polar surface area (TPSA) is 59.1 Å². The SMILES string of the molecule is CCCS(=O)(=O)N[C@@H](C)c1ccncc1. The highest BCUT2D eigenvalue weighted by Gasteiger charge is 2.14. The molecule has 1 aromatic heterocycles. The van der Waals surface area contributed by atoms with Crippen LogP contribution >= 0.6 is 0 Å². The molecule has 15 heavy (non-hydrogen) atoms. The molecule has 0 spiro atoms. The summed E-state index contributed by atoms with van der Waals surface area (Å²) in [5, 5.41) is 0. The summed E-state index contributed by atoms with van der Waals surface area (Å²) in [6.45, 7) is 3.67. The Bertz CT molecular complexity index is 389. The van der Waals surface area contributed by atoms with Gasteiger partial charge >= 0.3 is 0 Å². The third-order valence-electron chi connectivity index (χ3n) is 2.04. The fourth-order valence-corrected chi connectivity index (χ4v) is 2.65. The molecular weight excluding hydrogens is 212 g/mol. The molecule has 1 N–H and O–H groups in total. The largest absolute Gasteiger partial charge is 0.265 e. The highest BCUT2D eigenvalue weighted by Crippen LogP contribution is 2.11. The van der Waals surface area contributed by atoms with E-state index in [0.717, 1.165) is 5.56 Å². The monoisotopic (exact) mass is 228 g/mol. The number of hydrogen-bond donors (Lipinski definition) is 1. The van der Waals surface area contributed by atoms with Crippen LogP contribution < -0.4 is 4.72 Å². The van der Waals surface area contributed by atoms with Crippen molar-refractivity contribution in [2.24, 2.45) is 0 Å². The Balaban J connectivity index is 2.68. The number of hydrogen-bond acceptors (Lipinski definition) is 3. The van der Waals surface area contributed by atoms with Crippen LogP contribution in [0, 0.1) is 0 Å². The minimum atomic E-state index is -3.15. The van der Waals surface area contributed by atoms with Gasteiger partial charge in [-0.1, -0.05) is 6.92 Å². The summed E-state index contributed by atoms with van der Waals surface area (Å²) in [7, 11) is -3.15. The molecule has 0 fully saturated rings. The highest BCUT2D eigenvalue weighted by molar-refractivity contribution is 7.89. The molecule has 4 nitrogen and oxygen atoms in total. The average molecular weight is 228 g/mol. The van der Waals surface area contributed by atoms with Crippen molar-refractivity contribution in [2.45, 2.75) is 26.3 Å². The lowest BCUT2D eigenvalue weighted by Gasteiger charge is -2.13. The molecule has 0 saturated carbocycles. The molecule has 0 aliphatic rings. The molecule has 1 aromatic rings. The van der Waals surface area contributed by atoms with E-state index >= 15 is 0 Å². The van der Waals surface area contributed by atoms with E-state index in [0.29, 0.717) is 6.42 Å². The smallest absolute Gasteiger partial charge is 0.212 e. The van der Waals surface area contributed by atoms with Crippen molar-refractivity contribution in [2.75, 3.05) is 5.75 Å².